The Morgan fingerprint density at radius 1 is 0.875 bits per heavy atom. The van der Waals surface area contributed by atoms with Gasteiger partial charge < -0.3 is 4.74 Å². The van der Waals surface area contributed by atoms with Crippen LogP contribution in [0.4, 0.5) is 13.2 Å². The normalized spacial score (nSPS) is 13.9. The van der Waals surface area contributed by atoms with Crippen molar-refractivity contribution in [2.45, 2.75) is 45.4 Å². The highest BCUT2D eigenvalue weighted by atomic mass is 19.4. The number of ether oxygens (including phenoxy) is 1. The van der Waals surface area contributed by atoms with Crippen LogP contribution in [0, 0.1) is 5.41 Å². The number of aromatic nitrogens is 1. The molecule has 1 heterocycles. The van der Waals surface area contributed by atoms with E-state index in [2.05, 4.69) is 4.98 Å². The lowest BCUT2D eigenvalue weighted by molar-refractivity contribution is -0.159. The van der Waals surface area contributed by atoms with Gasteiger partial charge in [0.05, 0.1) is 17.7 Å². The smallest absolute Gasteiger partial charge is 0.416 e. The monoisotopic (exact) mass is 441 g/mol. The highest BCUT2D eigenvalue weighted by Gasteiger charge is 2.42. The maximum absolute atomic E-state index is 13.5. The predicted molar refractivity (Wildman–Crippen MR) is 117 cm³/mol. The number of rotatable bonds is 6. The molecule has 0 unspecified atom stereocenters. The second kappa shape index (κ2) is 9.15. The number of halogens is 3. The largest absolute Gasteiger partial charge is 0.447 e. The summed E-state index contributed by atoms with van der Waals surface area (Å²) in [5, 5.41) is 0. The van der Waals surface area contributed by atoms with Crippen LogP contribution in [0.1, 0.15) is 49.6 Å². The van der Waals surface area contributed by atoms with Crippen LogP contribution in [0.2, 0.25) is 0 Å². The Labute approximate surface area is 186 Å². The molecule has 0 spiro atoms. The first-order valence-electron chi connectivity index (χ1n) is 10.3. The summed E-state index contributed by atoms with van der Waals surface area (Å²) in [7, 11) is 0. The molecule has 0 fully saturated rings. The summed E-state index contributed by atoms with van der Waals surface area (Å²) in [5.74, 6) is -0.503. The summed E-state index contributed by atoms with van der Waals surface area (Å²) in [6, 6.07) is 19.3. The molecule has 1 aromatic heterocycles. The lowest BCUT2D eigenvalue weighted by Gasteiger charge is -2.35. The fourth-order valence-corrected chi connectivity index (χ4v) is 3.58. The van der Waals surface area contributed by atoms with Crippen LogP contribution in [0.15, 0.2) is 79.0 Å². The molecule has 0 saturated heterocycles. The van der Waals surface area contributed by atoms with Crippen LogP contribution < -0.4 is 0 Å². The molecule has 6 heteroatoms. The average molecular weight is 441 g/mol. The van der Waals surface area contributed by atoms with Crippen molar-refractivity contribution in [3.05, 3.63) is 101 Å². The van der Waals surface area contributed by atoms with Crippen molar-refractivity contribution in [2.24, 2.45) is 5.41 Å². The summed E-state index contributed by atoms with van der Waals surface area (Å²) in [6.45, 7) is 5.70. The van der Waals surface area contributed by atoms with E-state index in [9.17, 15) is 18.0 Å². The van der Waals surface area contributed by atoms with Gasteiger partial charge in [-0.3, -0.25) is 9.78 Å². The molecule has 0 radical (unpaired) electrons. The molecule has 0 aliphatic rings. The van der Waals surface area contributed by atoms with Gasteiger partial charge in [0.25, 0.3) is 0 Å². The van der Waals surface area contributed by atoms with Gasteiger partial charge in [-0.1, -0.05) is 69.3 Å². The molecule has 0 N–H and O–H groups in total. The lowest BCUT2D eigenvalue weighted by atomic mass is 9.82. The number of esters is 1. The van der Waals surface area contributed by atoms with Gasteiger partial charge in [0, 0.05) is 18.2 Å². The van der Waals surface area contributed by atoms with Gasteiger partial charge in [0.2, 0.25) is 0 Å². The Hall–Kier alpha value is -3.15. The number of pyridine rings is 1. The van der Waals surface area contributed by atoms with Crippen molar-refractivity contribution in [1.82, 2.24) is 4.98 Å². The number of hydrogen-bond donors (Lipinski definition) is 0. The van der Waals surface area contributed by atoms with Gasteiger partial charge in [0.15, 0.2) is 5.60 Å². The van der Waals surface area contributed by atoms with Gasteiger partial charge in [-0.05, 0) is 35.2 Å². The van der Waals surface area contributed by atoms with Crippen LogP contribution in [0.5, 0.6) is 0 Å². The molecular weight excluding hydrogens is 415 g/mol. The summed E-state index contributed by atoms with van der Waals surface area (Å²) in [6.07, 6.45) is -2.74. The molecule has 32 heavy (non-hydrogen) atoms. The van der Waals surface area contributed by atoms with Crippen molar-refractivity contribution in [2.75, 3.05) is 0 Å². The number of hydrogen-bond acceptors (Lipinski definition) is 3. The Morgan fingerprint density at radius 3 is 2.12 bits per heavy atom. The van der Waals surface area contributed by atoms with Gasteiger partial charge in [-0.25, -0.2) is 0 Å². The Bertz CT molecular complexity index is 1040. The third-order valence-electron chi connectivity index (χ3n) is 4.99. The molecule has 0 amide bonds. The number of benzene rings is 2. The number of carbonyl (C=O) groups excluding carboxylic acids is 1. The third kappa shape index (κ3) is 5.75. The predicted octanol–water partition coefficient (Wildman–Crippen LogP) is 6.57. The summed E-state index contributed by atoms with van der Waals surface area (Å²) >= 11 is 0. The minimum atomic E-state index is -4.53. The van der Waals surface area contributed by atoms with E-state index in [-0.39, 0.29) is 23.8 Å². The van der Waals surface area contributed by atoms with Crippen LogP contribution in [-0.2, 0) is 27.7 Å². The molecule has 0 aliphatic heterocycles. The van der Waals surface area contributed by atoms with Gasteiger partial charge >= 0.3 is 12.1 Å². The summed E-state index contributed by atoms with van der Waals surface area (Å²) < 4.78 is 46.7. The lowest BCUT2D eigenvalue weighted by Crippen LogP contribution is -2.38. The molecule has 0 bridgehead atoms. The fourth-order valence-electron chi connectivity index (χ4n) is 3.58. The van der Waals surface area contributed by atoms with Crippen molar-refractivity contribution in [3.8, 4) is 0 Å². The number of carbonyl (C=O) groups is 1. The molecule has 0 saturated carbocycles. The summed E-state index contributed by atoms with van der Waals surface area (Å²) in [4.78, 5) is 17.4. The molecule has 168 valence electrons. The second-order valence-electron chi connectivity index (χ2n) is 8.99. The van der Waals surface area contributed by atoms with E-state index in [1.165, 1.54) is 6.07 Å². The molecule has 2 aromatic carbocycles. The maximum Gasteiger partial charge on any atom is 0.416 e. The van der Waals surface area contributed by atoms with E-state index >= 15 is 0 Å². The van der Waals surface area contributed by atoms with Crippen molar-refractivity contribution in [1.29, 1.82) is 0 Å². The first-order chi connectivity index (χ1) is 15.0. The van der Waals surface area contributed by atoms with E-state index in [0.717, 1.165) is 17.7 Å². The molecule has 1 atom stereocenters. The third-order valence-corrected chi connectivity index (χ3v) is 4.99. The minimum absolute atomic E-state index is 0.106. The second-order valence-corrected chi connectivity index (χ2v) is 8.99. The van der Waals surface area contributed by atoms with E-state index < -0.39 is 23.3 Å². The van der Waals surface area contributed by atoms with Gasteiger partial charge in [-0.2, -0.15) is 13.2 Å². The standard InChI is InChI=1S/C26H26F3NO2/c1-24(2,3)18-23(31)32-25(22-14-7-8-15-30-22,17-19-10-5-4-6-11-19)20-12-9-13-21(16-20)26(27,28)29/h4-16H,17-18H2,1-3H3/t25-/m0/s1. The SMILES string of the molecule is CC(C)(C)CC(=O)O[C@@](Cc1ccccc1)(c1cccc(C(F)(F)F)c1)c1ccccn1. The van der Waals surface area contributed by atoms with E-state index in [1.807, 2.05) is 51.1 Å². The molecular formula is C26H26F3NO2. The van der Waals surface area contributed by atoms with Crippen LogP contribution in [0.3, 0.4) is 0 Å². The van der Waals surface area contributed by atoms with E-state index in [4.69, 9.17) is 4.74 Å². The number of nitrogens with zero attached hydrogens (tertiary/aromatic N) is 1. The van der Waals surface area contributed by atoms with Gasteiger partial charge in [0.1, 0.15) is 0 Å². The van der Waals surface area contributed by atoms with Crippen LogP contribution in [0.25, 0.3) is 0 Å². The zero-order valence-electron chi connectivity index (χ0n) is 18.3. The Kier molecular flexibility index (Phi) is 6.72. The Morgan fingerprint density at radius 2 is 1.53 bits per heavy atom. The van der Waals surface area contributed by atoms with Crippen LogP contribution >= 0.6 is 0 Å². The Balaban J connectivity index is 2.22. The van der Waals surface area contributed by atoms with Crippen molar-refractivity contribution in [3.63, 3.8) is 0 Å². The average Bonchev–Trinajstić information content (AvgIpc) is 2.73. The minimum Gasteiger partial charge on any atom is -0.447 e. The zero-order valence-corrected chi connectivity index (χ0v) is 18.3. The first-order valence-corrected chi connectivity index (χ1v) is 10.3. The highest BCUT2D eigenvalue weighted by molar-refractivity contribution is 5.71. The maximum atomic E-state index is 13.5. The first kappa shape index (κ1) is 23.5. The summed E-state index contributed by atoms with van der Waals surface area (Å²) in [5.41, 5.74) is -1.29. The van der Waals surface area contributed by atoms with Gasteiger partial charge in [-0.15, -0.1) is 0 Å². The topological polar surface area (TPSA) is 39.2 Å². The quantitative estimate of drug-likeness (QED) is 0.406. The van der Waals surface area contributed by atoms with Crippen molar-refractivity contribution >= 4 is 5.97 Å². The highest BCUT2D eigenvalue weighted by Crippen LogP contribution is 2.40. The molecule has 3 rings (SSSR count). The zero-order chi connectivity index (χ0) is 23.4. The molecule has 3 nitrogen and oxygen atoms in total. The van der Waals surface area contributed by atoms with Crippen LogP contribution in [-0.4, -0.2) is 11.0 Å². The molecule has 3 aromatic rings. The number of alkyl halides is 3. The van der Waals surface area contributed by atoms with E-state index in [1.54, 1.807) is 30.5 Å². The fraction of sp³-hybridized carbons (Fsp3) is 0.308. The molecule has 0 aliphatic carbocycles. The van der Waals surface area contributed by atoms with Crippen molar-refractivity contribution < 1.29 is 22.7 Å². The van der Waals surface area contributed by atoms with E-state index in [0.29, 0.717) is 5.69 Å².